The first-order valence-corrected chi connectivity index (χ1v) is 12.6. The normalized spacial score (nSPS) is 11.4. The van der Waals surface area contributed by atoms with Gasteiger partial charge < -0.3 is 0 Å². The number of rotatable bonds is 15. The summed E-state index contributed by atoms with van der Waals surface area (Å²) in [5.41, 5.74) is 0. The maximum atomic E-state index is 10.9. The molecule has 2 N–H and O–H groups in total. The number of hydrogen-bond acceptors (Lipinski definition) is 3. The van der Waals surface area contributed by atoms with Crippen LogP contribution in [-0.2, 0) is 15.2 Å². The van der Waals surface area contributed by atoms with Crippen molar-refractivity contribution in [2.75, 3.05) is 0 Å². The van der Waals surface area contributed by atoms with Crippen LogP contribution in [0.25, 0.3) is 0 Å². The van der Waals surface area contributed by atoms with Crippen LogP contribution in [-0.4, -0.2) is 66.4 Å². The van der Waals surface area contributed by atoms with Gasteiger partial charge in [-0.3, -0.25) is 9.11 Å². The zero-order chi connectivity index (χ0) is 19.4. The largest absolute Gasteiger partial charge is 0.394 e. The molecule has 0 saturated carbocycles. The van der Waals surface area contributed by atoms with Gasteiger partial charge in [-0.05, 0) is 0 Å². The minimum atomic E-state index is -4.67. The van der Waals surface area contributed by atoms with E-state index in [0.717, 1.165) is 12.8 Å². The van der Waals surface area contributed by atoms with Crippen molar-refractivity contribution in [3.8, 4) is 0 Å². The third-order valence-electron chi connectivity index (χ3n) is 3.79. The van der Waals surface area contributed by atoms with E-state index in [4.69, 9.17) is 17.5 Å². The van der Waals surface area contributed by atoms with Gasteiger partial charge in [0.05, 0.1) is 0 Å². The maximum absolute atomic E-state index is 10.9. The van der Waals surface area contributed by atoms with Crippen molar-refractivity contribution in [2.45, 2.75) is 96.8 Å². The number of hydrogen-bond donors (Lipinski definition) is 2. The Morgan fingerprint density at radius 1 is 0.800 bits per heavy atom. The molecule has 0 unspecified atom stereocenters. The monoisotopic (exact) mass is 402 g/mol. The van der Waals surface area contributed by atoms with E-state index in [-0.39, 0.29) is 0 Å². The first-order valence-electron chi connectivity index (χ1n) is 9.61. The summed E-state index contributed by atoms with van der Waals surface area (Å²) in [6.45, 7) is 2.27. The van der Waals surface area contributed by atoms with Gasteiger partial charge in [-0.15, -0.1) is 0 Å². The van der Waals surface area contributed by atoms with E-state index in [0.29, 0.717) is 48.8 Å². The fourth-order valence-electron chi connectivity index (χ4n) is 2.44. The van der Waals surface area contributed by atoms with E-state index >= 15 is 0 Å². The van der Waals surface area contributed by atoms with Crippen LogP contribution in [0.15, 0.2) is 12.2 Å². The minimum absolute atomic E-state index is 0.411. The van der Waals surface area contributed by atoms with Gasteiger partial charge in [0.2, 0.25) is 0 Å². The van der Waals surface area contributed by atoms with E-state index in [2.05, 4.69) is 19.1 Å². The second kappa shape index (κ2) is 21.2. The average Bonchev–Trinajstić information content (AvgIpc) is 2.49. The molecule has 0 aromatic carbocycles. The molecule has 0 fully saturated rings. The molecule has 0 aliphatic heterocycles. The molecule has 0 heterocycles. The summed E-state index contributed by atoms with van der Waals surface area (Å²) < 4.78 is 32.1. The smallest absolute Gasteiger partial charge is 0.264 e. The van der Waals surface area contributed by atoms with Crippen LogP contribution in [0.2, 0.25) is 0 Å². The molecular weight excluding hydrogens is 367 g/mol. The summed E-state index contributed by atoms with van der Waals surface area (Å²) in [5.74, 6) is 0. The maximum Gasteiger partial charge on any atom is 0.394 e. The first-order chi connectivity index (χ1) is 11.8. The van der Waals surface area contributed by atoms with Crippen molar-refractivity contribution in [1.82, 2.24) is 0 Å². The van der Waals surface area contributed by atoms with Gasteiger partial charge in [-0.1, -0.05) is 39.0 Å². The molecule has 0 amide bonds. The molecular formula is C18H35KO5S. The molecule has 144 valence electrons. The molecule has 0 rings (SSSR count). The van der Waals surface area contributed by atoms with Gasteiger partial charge in [0.25, 0.3) is 0 Å². The number of unbranched alkanes of at least 4 members (excludes halogenated alkanes) is 11. The minimum Gasteiger partial charge on any atom is -0.264 e. The Hall–Kier alpha value is 0.916. The number of allylic oxidation sites excluding steroid dienone is 2. The average molecular weight is 403 g/mol. The third kappa shape index (κ3) is 40.8. The fraction of sp³-hybridized carbons (Fsp3) is 0.833. The van der Waals surface area contributed by atoms with Crippen LogP contribution >= 0.6 is 0 Å². The van der Waals surface area contributed by atoms with E-state index in [1.54, 1.807) is 0 Å². The molecule has 0 aliphatic carbocycles. The van der Waals surface area contributed by atoms with Crippen molar-refractivity contribution in [2.24, 2.45) is 0 Å². The second-order valence-electron chi connectivity index (χ2n) is 6.48. The van der Waals surface area contributed by atoms with Gasteiger partial charge >= 0.3 is 134 Å². The number of carbonyl (C=O) groups excluding carboxylic acids is 1. The van der Waals surface area contributed by atoms with Gasteiger partial charge in [0.15, 0.2) is 0 Å². The Kier molecular flexibility index (Phi) is 23.9. The topological polar surface area (TPSA) is 91.7 Å². The van der Waals surface area contributed by atoms with Crippen molar-refractivity contribution in [3.63, 3.8) is 0 Å². The quantitative estimate of drug-likeness (QED) is 0.173. The van der Waals surface area contributed by atoms with Crippen molar-refractivity contribution < 1.29 is 22.3 Å². The van der Waals surface area contributed by atoms with Gasteiger partial charge in [0.1, 0.15) is 0 Å². The van der Waals surface area contributed by atoms with Crippen LogP contribution in [0.5, 0.6) is 0 Å². The molecule has 0 aliphatic rings. The standard InChI is InChI=1S/C18H33O.K.H2O4S/c1-2-3-4-5-6-7-8-9-10-11-12-13-14-15-16-17-18-19;;1-5(2,3)4/h9-10H,2-8,11-17H2,1H3;;(H2,1,2,3,4)/b10-9-;;. The van der Waals surface area contributed by atoms with E-state index in [9.17, 15) is 4.79 Å². The Balaban J connectivity index is 0. The summed E-state index contributed by atoms with van der Waals surface area (Å²) in [4.78, 5) is 10.9. The van der Waals surface area contributed by atoms with Crippen LogP contribution in [0.3, 0.4) is 0 Å². The van der Waals surface area contributed by atoms with Gasteiger partial charge in [0, 0.05) is 0 Å². The van der Waals surface area contributed by atoms with Crippen LogP contribution < -0.4 is 0 Å². The van der Waals surface area contributed by atoms with E-state index in [1.807, 2.05) is 0 Å². The molecule has 0 aromatic heterocycles. The summed E-state index contributed by atoms with van der Waals surface area (Å²) >= 11 is 0.411. The molecule has 0 atom stereocenters. The van der Waals surface area contributed by atoms with Crippen molar-refractivity contribution >= 4 is 59.2 Å². The Bertz CT molecular complexity index is 413. The summed E-state index contributed by atoms with van der Waals surface area (Å²) in [6.07, 6.45) is 22.9. The molecule has 7 heteroatoms. The molecule has 0 spiro atoms. The van der Waals surface area contributed by atoms with Gasteiger partial charge in [-0.25, -0.2) is 0 Å². The molecule has 0 saturated heterocycles. The predicted octanol–water partition coefficient (Wildman–Crippen LogP) is 5.07. The Morgan fingerprint density at radius 2 is 1.16 bits per heavy atom. The van der Waals surface area contributed by atoms with Gasteiger partial charge in [-0.2, -0.15) is 8.42 Å². The summed E-state index contributed by atoms with van der Waals surface area (Å²) in [6, 6.07) is 0. The van der Waals surface area contributed by atoms with Crippen LogP contribution in [0.4, 0.5) is 0 Å². The molecule has 0 radical (unpaired) electrons. The Labute approximate surface area is 188 Å². The zero-order valence-electron chi connectivity index (χ0n) is 16.1. The van der Waals surface area contributed by atoms with E-state index in [1.165, 1.54) is 77.0 Å². The molecule has 0 aromatic rings. The predicted molar refractivity (Wildman–Crippen MR) is 104 cm³/mol. The molecule has 5 nitrogen and oxygen atoms in total. The number of carbonyl (C=O) groups is 1. The summed E-state index contributed by atoms with van der Waals surface area (Å²) in [7, 11) is -4.67. The fourth-order valence-corrected chi connectivity index (χ4v) is 3.00. The third-order valence-corrected chi connectivity index (χ3v) is 4.57. The summed E-state index contributed by atoms with van der Waals surface area (Å²) in [5, 5.41) is 0. The van der Waals surface area contributed by atoms with Crippen LogP contribution in [0, 0.1) is 0 Å². The second-order valence-corrected chi connectivity index (χ2v) is 9.12. The van der Waals surface area contributed by atoms with E-state index < -0.39 is 10.4 Å². The van der Waals surface area contributed by atoms with Crippen molar-refractivity contribution in [1.29, 1.82) is 0 Å². The molecule has 0 bridgehead atoms. The zero-order valence-corrected chi connectivity index (χ0v) is 20.0. The Morgan fingerprint density at radius 3 is 1.56 bits per heavy atom. The molecule has 25 heavy (non-hydrogen) atoms. The van der Waals surface area contributed by atoms with Crippen LogP contribution in [0.1, 0.15) is 96.8 Å². The SMILES string of the molecule is CCCCCCCC/C=C\CCCCCCC[C](=O)[K].O=S(=O)(O)O. The van der Waals surface area contributed by atoms with Crippen molar-refractivity contribution in [3.05, 3.63) is 12.2 Å². The first kappa shape index (κ1) is 28.1.